The minimum absolute atomic E-state index is 0.00730. The van der Waals surface area contributed by atoms with E-state index in [1.165, 1.54) is 11.0 Å². The fraction of sp³-hybridized carbons (Fsp3) is 0.500. The van der Waals surface area contributed by atoms with Crippen molar-refractivity contribution in [1.82, 2.24) is 0 Å². The Bertz CT molecular complexity index is 737. The maximum atomic E-state index is 14.3. The Morgan fingerprint density at radius 3 is 2.83 bits per heavy atom. The van der Waals surface area contributed by atoms with Crippen LogP contribution < -0.4 is 9.80 Å². The topological polar surface area (TPSA) is 87.1 Å². The van der Waals surface area contributed by atoms with E-state index in [0.717, 1.165) is 18.2 Å². The Kier molecular flexibility index (Phi) is 4.88. The number of hydrogen-bond acceptors (Lipinski definition) is 6. The van der Waals surface area contributed by atoms with Crippen LogP contribution in [-0.4, -0.2) is 55.6 Å². The van der Waals surface area contributed by atoms with Crippen LogP contribution in [0.15, 0.2) is 18.2 Å². The van der Waals surface area contributed by atoms with Crippen LogP contribution in [0.5, 0.6) is 0 Å². The summed E-state index contributed by atoms with van der Waals surface area (Å²) in [6.07, 6.45) is -1.32. The van der Waals surface area contributed by atoms with E-state index >= 15 is 0 Å². The number of cyclic esters (lactones) is 1. The molecule has 0 bridgehead atoms. The van der Waals surface area contributed by atoms with Crippen LogP contribution in [0.25, 0.3) is 0 Å². The summed E-state index contributed by atoms with van der Waals surface area (Å²) in [5.41, 5.74) is 0.863. The number of carbonyl (C=O) groups is 1. The molecule has 3 rings (SSSR count). The third-order valence-electron chi connectivity index (χ3n) is 3.91. The van der Waals surface area contributed by atoms with Crippen molar-refractivity contribution < 1.29 is 26.9 Å². The van der Waals surface area contributed by atoms with Gasteiger partial charge in [-0.05, 0) is 18.2 Å². The van der Waals surface area contributed by atoms with Gasteiger partial charge >= 0.3 is 6.09 Å². The van der Waals surface area contributed by atoms with Gasteiger partial charge in [-0.1, -0.05) is 0 Å². The van der Waals surface area contributed by atoms with Gasteiger partial charge in [0.15, 0.2) is 0 Å². The Balaban J connectivity index is 1.70. The Morgan fingerprint density at radius 2 is 2.21 bits per heavy atom. The molecule has 1 atom stereocenters. The van der Waals surface area contributed by atoms with Gasteiger partial charge in [-0.3, -0.25) is 9.45 Å². The molecule has 7 nitrogen and oxygen atoms in total. The third-order valence-corrected chi connectivity index (χ3v) is 5.63. The van der Waals surface area contributed by atoms with Gasteiger partial charge in [0.2, 0.25) is 0 Å². The molecule has 2 heterocycles. The van der Waals surface area contributed by atoms with Crippen LogP contribution in [0.4, 0.5) is 20.6 Å². The summed E-state index contributed by atoms with van der Waals surface area (Å²) in [6.45, 7) is 0.900. The molecule has 1 aromatic carbocycles. The molecular formula is C14H17FN2O5S2. The molecule has 0 radical (unpaired) electrons. The molecule has 2 saturated heterocycles. The molecule has 2 aliphatic rings. The van der Waals surface area contributed by atoms with E-state index in [4.69, 9.17) is 9.29 Å². The van der Waals surface area contributed by atoms with Gasteiger partial charge in [0.25, 0.3) is 10.1 Å². The number of rotatable bonds is 5. The van der Waals surface area contributed by atoms with Crippen molar-refractivity contribution in [3.05, 3.63) is 24.0 Å². The molecule has 10 heteroatoms. The second-order valence-electron chi connectivity index (χ2n) is 5.63. The molecule has 1 amide bonds. The van der Waals surface area contributed by atoms with Crippen LogP contribution in [-0.2, 0) is 14.9 Å². The molecule has 0 spiro atoms. The normalized spacial score (nSPS) is 21.4. The molecule has 1 N–H and O–H groups in total. The number of thioether (sulfide) groups is 1. The van der Waals surface area contributed by atoms with Crippen molar-refractivity contribution in [3.63, 3.8) is 0 Å². The number of nitrogens with zero attached hydrogens (tertiary/aromatic N) is 2. The molecule has 0 aliphatic carbocycles. The van der Waals surface area contributed by atoms with E-state index < -0.39 is 33.9 Å². The van der Waals surface area contributed by atoms with Gasteiger partial charge in [-0.15, -0.1) is 11.8 Å². The quantitative estimate of drug-likeness (QED) is 0.786. The molecule has 2 aliphatic heterocycles. The summed E-state index contributed by atoms with van der Waals surface area (Å²) in [5, 5.41) is 0. The van der Waals surface area contributed by atoms with Crippen LogP contribution >= 0.6 is 11.8 Å². The minimum Gasteiger partial charge on any atom is -0.444 e. The molecule has 0 saturated carbocycles. The fourth-order valence-electron chi connectivity index (χ4n) is 2.69. The highest BCUT2D eigenvalue weighted by atomic mass is 32.2. The first-order chi connectivity index (χ1) is 11.3. The average molecular weight is 376 g/mol. The van der Waals surface area contributed by atoms with E-state index in [2.05, 4.69) is 0 Å². The number of ether oxygens (including phenoxy) is 1. The van der Waals surface area contributed by atoms with Crippen molar-refractivity contribution in [2.24, 2.45) is 0 Å². The SMILES string of the molecule is O=C1O[C@H](CCS(=O)(=O)O)CN1c1ccc(N2CCSC2)c(F)c1. The lowest BCUT2D eigenvalue weighted by molar-refractivity contribution is 0.139. The predicted molar refractivity (Wildman–Crippen MR) is 89.7 cm³/mol. The van der Waals surface area contributed by atoms with Gasteiger partial charge in [-0.25, -0.2) is 9.18 Å². The largest absolute Gasteiger partial charge is 0.444 e. The van der Waals surface area contributed by atoms with Crippen molar-refractivity contribution in [1.29, 1.82) is 0 Å². The van der Waals surface area contributed by atoms with E-state index in [1.807, 2.05) is 4.90 Å². The van der Waals surface area contributed by atoms with Gasteiger partial charge < -0.3 is 9.64 Å². The summed E-state index contributed by atoms with van der Waals surface area (Å²) in [6, 6.07) is 4.56. The smallest absolute Gasteiger partial charge is 0.414 e. The lowest BCUT2D eigenvalue weighted by atomic mass is 10.2. The second kappa shape index (κ2) is 6.77. The molecule has 2 fully saturated rings. The van der Waals surface area contributed by atoms with E-state index in [0.29, 0.717) is 11.4 Å². The lowest BCUT2D eigenvalue weighted by Gasteiger charge is -2.19. The van der Waals surface area contributed by atoms with Gasteiger partial charge in [0, 0.05) is 18.7 Å². The zero-order chi connectivity index (χ0) is 17.3. The molecule has 1 aromatic rings. The monoisotopic (exact) mass is 376 g/mol. The number of anilines is 2. The summed E-state index contributed by atoms with van der Waals surface area (Å²) in [7, 11) is -4.11. The molecule has 24 heavy (non-hydrogen) atoms. The lowest BCUT2D eigenvalue weighted by Crippen LogP contribution is -2.26. The first-order valence-corrected chi connectivity index (χ1v) is 10.2. The summed E-state index contributed by atoms with van der Waals surface area (Å²) < 4.78 is 49.7. The van der Waals surface area contributed by atoms with E-state index in [-0.39, 0.29) is 13.0 Å². The summed E-state index contributed by atoms with van der Waals surface area (Å²) in [4.78, 5) is 15.1. The summed E-state index contributed by atoms with van der Waals surface area (Å²) >= 11 is 1.73. The highest BCUT2D eigenvalue weighted by molar-refractivity contribution is 7.99. The highest BCUT2D eigenvalue weighted by Crippen LogP contribution is 2.30. The Labute approximate surface area is 143 Å². The number of carbonyl (C=O) groups excluding carboxylic acids is 1. The van der Waals surface area contributed by atoms with Crippen LogP contribution in [0, 0.1) is 5.82 Å². The minimum atomic E-state index is -4.11. The first-order valence-electron chi connectivity index (χ1n) is 7.39. The molecular weight excluding hydrogens is 359 g/mol. The fourth-order valence-corrected chi connectivity index (χ4v) is 4.22. The van der Waals surface area contributed by atoms with Crippen molar-refractivity contribution in [2.45, 2.75) is 12.5 Å². The van der Waals surface area contributed by atoms with Crippen LogP contribution in [0.1, 0.15) is 6.42 Å². The van der Waals surface area contributed by atoms with Gasteiger partial charge in [0.05, 0.1) is 29.5 Å². The number of halogens is 1. The Hall–Kier alpha value is -1.52. The number of hydrogen-bond donors (Lipinski definition) is 1. The van der Waals surface area contributed by atoms with Gasteiger partial charge in [0.1, 0.15) is 11.9 Å². The van der Waals surface area contributed by atoms with Gasteiger partial charge in [-0.2, -0.15) is 8.42 Å². The molecule has 0 unspecified atom stereocenters. The highest BCUT2D eigenvalue weighted by Gasteiger charge is 2.33. The average Bonchev–Trinajstić information content (AvgIpc) is 3.14. The summed E-state index contributed by atoms with van der Waals surface area (Å²) in [5.74, 6) is 0.789. The standard InChI is InChI=1S/C14H17FN2O5S2/c15-12-7-10(1-2-13(12)16-4-5-23-9-16)17-8-11(22-14(17)18)3-6-24(19,20)21/h1-2,7,11H,3-6,8-9H2,(H,19,20,21)/t11-/m1/s1. The van der Waals surface area contributed by atoms with E-state index in [1.54, 1.807) is 23.9 Å². The Morgan fingerprint density at radius 1 is 1.42 bits per heavy atom. The number of amides is 1. The number of benzene rings is 1. The molecule has 0 aromatic heterocycles. The zero-order valence-electron chi connectivity index (χ0n) is 12.7. The van der Waals surface area contributed by atoms with Crippen molar-refractivity contribution in [2.75, 3.05) is 40.3 Å². The maximum absolute atomic E-state index is 14.3. The van der Waals surface area contributed by atoms with E-state index in [9.17, 15) is 17.6 Å². The van der Waals surface area contributed by atoms with Crippen molar-refractivity contribution >= 4 is 39.3 Å². The first kappa shape index (κ1) is 17.3. The predicted octanol–water partition coefficient (Wildman–Crippen LogP) is 1.94. The second-order valence-corrected chi connectivity index (χ2v) is 8.27. The maximum Gasteiger partial charge on any atom is 0.414 e. The van der Waals surface area contributed by atoms with Crippen molar-refractivity contribution in [3.8, 4) is 0 Å². The van der Waals surface area contributed by atoms with Crippen LogP contribution in [0.3, 0.4) is 0 Å². The molecule has 132 valence electrons. The van der Waals surface area contributed by atoms with Crippen LogP contribution in [0.2, 0.25) is 0 Å². The third kappa shape index (κ3) is 3.93. The zero-order valence-corrected chi connectivity index (χ0v) is 14.4.